The average Bonchev–Trinajstić information content (AvgIpc) is 2.03. The minimum atomic E-state index is -0.836. The van der Waals surface area contributed by atoms with Gasteiger partial charge in [-0.2, -0.15) is 0 Å². The van der Waals surface area contributed by atoms with E-state index >= 15 is 0 Å². The lowest BCUT2D eigenvalue weighted by atomic mass is 9.86. The summed E-state index contributed by atoms with van der Waals surface area (Å²) in [7, 11) is 0. The molecule has 3 N–H and O–H groups in total. The van der Waals surface area contributed by atoms with Crippen molar-refractivity contribution in [1.29, 1.82) is 0 Å². The quantitative estimate of drug-likeness (QED) is 0.491. The van der Waals surface area contributed by atoms with Gasteiger partial charge in [0.05, 0.1) is 0 Å². The highest BCUT2D eigenvalue weighted by molar-refractivity contribution is 4.65. The van der Waals surface area contributed by atoms with Gasteiger partial charge in [-0.15, -0.1) is 0 Å². The number of rotatable bonds is 3. The van der Waals surface area contributed by atoms with Crippen LogP contribution in [0.3, 0.4) is 0 Å². The van der Waals surface area contributed by atoms with Gasteiger partial charge in [-0.1, -0.05) is 32.1 Å². The Kier molecular flexibility index (Phi) is 3.87. The van der Waals surface area contributed by atoms with Crippen LogP contribution in [0.4, 0.5) is 0 Å². The Labute approximate surface area is 68.2 Å². The van der Waals surface area contributed by atoms with Gasteiger partial charge in [-0.25, -0.2) is 0 Å². The van der Waals surface area contributed by atoms with E-state index in [1.54, 1.807) is 0 Å². The first kappa shape index (κ1) is 9.01. The molecule has 1 unspecified atom stereocenters. The molecule has 1 saturated carbocycles. The van der Waals surface area contributed by atoms with E-state index in [0.717, 1.165) is 12.3 Å². The van der Waals surface area contributed by atoms with E-state index in [1.165, 1.54) is 32.1 Å². The van der Waals surface area contributed by atoms with Gasteiger partial charge in [0.15, 0.2) is 0 Å². The van der Waals surface area contributed by atoms with Crippen molar-refractivity contribution in [1.82, 2.24) is 0 Å². The normalized spacial score (nSPS) is 23.5. The monoisotopic (exact) mass is 159 g/mol. The van der Waals surface area contributed by atoms with Crippen molar-refractivity contribution in [2.45, 2.75) is 51.2 Å². The maximum absolute atomic E-state index is 8.75. The first-order chi connectivity index (χ1) is 5.29. The maximum Gasteiger partial charge on any atom is 0.260 e. The summed E-state index contributed by atoms with van der Waals surface area (Å²) in [6, 6.07) is 0. The minimum absolute atomic E-state index is 0.671. The van der Waals surface area contributed by atoms with Gasteiger partial charge in [0.25, 0.3) is 6.29 Å². The van der Waals surface area contributed by atoms with E-state index in [-0.39, 0.29) is 0 Å². The van der Waals surface area contributed by atoms with Crippen LogP contribution in [0.1, 0.15) is 44.9 Å². The lowest BCUT2D eigenvalue weighted by Gasteiger charge is -2.20. The van der Waals surface area contributed by atoms with E-state index in [4.69, 9.17) is 10.2 Å². The molecule has 0 aromatic heterocycles. The zero-order valence-corrected chi connectivity index (χ0v) is 7.05. The molecular weight excluding hydrogens is 140 g/mol. The van der Waals surface area contributed by atoms with Crippen LogP contribution < -0.4 is 0 Å². The van der Waals surface area contributed by atoms with Crippen molar-refractivity contribution in [3.8, 4) is 0 Å². The molecule has 0 saturated heterocycles. The first-order valence-electron chi connectivity index (χ1n) is 4.68. The number of aliphatic hydroxyl groups excluding tert-OH is 1. The molecule has 1 aliphatic carbocycles. The van der Waals surface area contributed by atoms with Crippen molar-refractivity contribution in [2.75, 3.05) is 0 Å². The molecule has 0 aliphatic heterocycles. The Morgan fingerprint density at radius 2 is 1.91 bits per heavy atom. The molecule has 66 valence electrons. The van der Waals surface area contributed by atoms with E-state index < -0.39 is 6.29 Å². The van der Waals surface area contributed by atoms with Gasteiger partial charge in [-0.3, -0.25) is 0 Å². The summed E-state index contributed by atoms with van der Waals surface area (Å²) in [5, 5.41) is 15.7. The molecule has 0 spiro atoms. The van der Waals surface area contributed by atoms with Crippen LogP contribution >= 0.6 is 0 Å². The summed E-state index contributed by atoms with van der Waals surface area (Å²) in [6.07, 6.45) is 7.66. The number of aliphatic hydroxyl groups is 1. The maximum atomic E-state index is 8.75. The Morgan fingerprint density at radius 3 is 2.45 bits per heavy atom. The second kappa shape index (κ2) is 4.73. The van der Waals surface area contributed by atoms with Crippen molar-refractivity contribution in [3.05, 3.63) is 0 Å². The van der Waals surface area contributed by atoms with Gasteiger partial charge in [0.2, 0.25) is 0 Å². The fraction of sp³-hybridized carbons (Fsp3) is 1.00. The van der Waals surface area contributed by atoms with Gasteiger partial charge >= 0.3 is 0 Å². The van der Waals surface area contributed by atoms with Gasteiger partial charge in [0, 0.05) is 6.42 Å². The molecule has 1 aliphatic rings. The summed E-state index contributed by atoms with van der Waals surface area (Å²) in [4.78, 5) is 0. The molecule has 0 radical (unpaired) electrons. The van der Waals surface area contributed by atoms with Crippen LogP contribution in [-0.4, -0.2) is 16.5 Å². The van der Waals surface area contributed by atoms with E-state index in [1.807, 2.05) is 0 Å². The van der Waals surface area contributed by atoms with Crippen LogP contribution in [0, 0.1) is 5.92 Å². The Balaban J connectivity index is 2.05. The van der Waals surface area contributed by atoms with Crippen LogP contribution in [0.25, 0.3) is 0 Å². The fourth-order valence-electron chi connectivity index (χ4n) is 1.87. The zero-order chi connectivity index (χ0) is 8.10. The molecule has 1 atom stereocenters. The summed E-state index contributed by atoms with van der Waals surface area (Å²) in [6.45, 7) is 0. The molecule has 0 heterocycles. The first-order valence-corrected chi connectivity index (χ1v) is 4.68. The van der Waals surface area contributed by atoms with Crippen LogP contribution in [0.2, 0.25) is 0 Å². The predicted molar refractivity (Wildman–Crippen MR) is 45.4 cm³/mol. The molecule has 2 heteroatoms. The molecule has 2 nitrogen and oxygen atoms in total. The summed E-state index contributed by atoms with van der Waals surface area (Å²) >= 11 is 0. The molecule has 0 aromatic carbocycles. The molecule has 1 rings (SSSR count). The highest BCUT2D eigenvalue weighted by atomic mass is 16.5. The van der Waals surface area contributed by atoms with E-state index in [9.17, 15) is 0 Å². The van der Waals surface area contributed by atoms with E-state index in [2.05, 4.69) is 0 Å². The molecule has 0 amide bonds. The second-order valence-corrected chi connectivity index (χ2v) is 3.60. The summed E-state index contributed by atoms with van der Waals surface area (Å²) in [5.41, 5.74) is 0. The SMILES string of the molecule is OC([OH2+])CCC1CCCCC1. The fourth-order valence-corrected chi connectivity index (χ4v) is 1.87. The van der Waals surface area contributed by atoms with Crippen molar-refractivity contribution in [3.63, 3.8) is 0 Å². The van der Waals surface area contributed by atoms with Crippen molar-refractivity contribution in [2.24, 2.45) is 5.92 Å². The zero-order valence-electron chi connectivity index (χ0n) is 7.05. The smallest absolute Gasteiger partial charge is 0.260 e. The highest BCUT2D eigenvalue weighted by Gasteiger charge is 2.14. The van der Waals surface area contributed by atoms with Crippen LogP contribution in [0.15, 0.2) is 0 Å². The van der Waals surface area contributed by atoms with Gasteiger partial charge in [-0.05, 0) is 12.3 Å². The van der Waals surface area contributed by atoms with E-state index in [0.29, 0.717) is 6.42 Å². The topological polar surface area (TPSA) is 43.1 Å². The molecular formula is C9H19O2+. The third-order valence-corrected chi connectivity index (χ3v) is 2.57. The predicted octanol–water partition coefficient (Wildman–Crippen LogP) is 1.39. The molecule has 0 bridgehead atoms. The highest BCUT2D eigenvalue weighted by Crippen LogP contribution is 2.27. The van der Waals surface area contributed by atoms with Gasteiger partial charge in [0.1, 0.15) is 0 Å². The number of hydrogen-bond donors (Lipinski definition) is 1. The third kappa shape index (κ3) is 3.73. The van der Waals surface area contributed by atoms with Gasteiger partial charge < -0.3 is 10.2 Å². The Morgan fingerprint density at radius 1 is 1.27 bits per heavy atom. The summed E-state index contributed by atoms with van der Waals surface area (Å²) < 4.78 is 0. The lowest BCUT2D eigenvalue weighted by Crippen LogP contribution is -2.11. The Bertz CT molecular complexity index is 95.7. The van der Waals surface area contributed by atoms with Crippen LogP contribution in [-0.2, 0) is 0 Å². The largest absolute Gasteiger partial charge is 0.422 e. The minimum Gasteiger partial charge on any atom is -0.422 e. The third-order valence-electron chi connectivity index (χ3n) is 2.57. The molecule has 1 fully saturated rings. The van der Waals surface area contributed by atoms with Crippen molar-refractivity contribution >= 4 is 0 Å². The standard InChI is InChI=1S/C9H18O2/c10-9(11)7-6-8-4-2-1-3-5-8/h8-11H,1-7H2/p+1. The number of hydrogen-bond acceptors (Lipinski definition) is 1. The molecule has 0 aromatic rings. The Hall–Kier alpha value is -0.0800. The second-order valence-electron chi connectivity index (χ2n) is 3.60. The lowest BCUT2D eigenvalue weighted by molar-refractivity contribution is -0.0496. The summed E-state index contributed by atoms with van der Waals surface area (Å²) in [5.74, 6) is 0.809. The average molecular weight is 159 g/mol. The molecule has 11 heavy (non-hydrogen) atoms. The van der Waals surface area contributed by atoms with Crippen molar-refractivity contribution < 1.29 is 10.2 Å². The van der Waals surface area contributed by atoms with Crippen LogP contribution in [0.5, 0.6) is 0 Å².